The second-order valence-electron chi connectivity index (χ2n) is 8.60. The molecule has 0 aliphatic carbocycles. The van der Waals surface area contributed by atoms with Crippen LogP contribution in [0.4, 0.5) is 0 Å². The highest BCUT2D eigenvalue weighted by Gasteiger charge is 2.24. The Hall–Kier alpha value is -3.03. The fraction of sp³-hybridized carbons (Fsp3) is 0.308. The Morgan fingerprint density at radius 1 is 1.00 bits per heavy atom. The maximum absolute atomic E-state index is 13.5. The van der Waals surface area contributed by atoms with E-state index in [4.69, 9.17) is 21.1 Å². The Balaban J connectivity index is 1.54. The zero-order valence-corrected chi connectivity index (χ0v) is 20.8. The Morgan fingerprint density at radius 3 is 2.47 bits per heavy atom. The molecule has 0 fully saturated rings. The van der Waals surface area contributed by atoms with Crippen LogP contribution in [0.15, 0.2) is 60.0 Å². The number of fused-ring (bicyclic) bond motifs is 1. The zero-order chi connectivity index (χ0) is 24.1. The van der Waals surface area contributed by atoms with Crippen LogP contribution in [0.25, 0.3) is 0 Å². The lowest BCUT2D eigenvalue weighted by atomic mass is 10.1. The van der Waals surface area contributed by atoms with Crippen molar-refractivity contribution in [3.8, 4) is 11.5 Å². The number of carbonyl (C=O) groups excluding carboxylic acids is 2. The molecule has 3 aromatic rings. The van der Waals surface area contributed by atoms with E-state index in [1.807, 2.05) is 49.6 Å². The Kier molecular flexibility index (Phi) is 7.75. The Bertz CT molecular complexity index is 1130. The van der Waals surface area contributed by atoms with Gasteiger partial charge in [0.1, 0.15) is 6.54 Å². The van der Waals surface area contributed by atoms with Crippen molar-refractivity contribution in [3.05, 3.63) is 81.0 Å². The number of hydrogen-bond acceptors (Lipinski definition) is 5. The molecule has 0 saturated carbocycles. The number of amides is 2. The van der Waals surface area contributed by atoms with Crippen LogP contribution in [0.5, 0.6) is 11.5 Å². The minimum absolute atomic E-state index is 0.00440. The number of rotatable bonds is 9. The van der Waals surface area contributed by atoms with Gasteiger partial charge in [0.05, 0.1) is 6.54 Å². The lowest BCUT2D eigenvalue weighted by Gasteiger charge is -2.29. The van der Waals surface area contributed by atoms with Gasteiger partial charge >= 0.3 is 0 Å². The van der Waals surface area contributed by atoms with Gasteiger partial charge in [-0.3, -0.25) is 9.59 Å². The second kappa shape index (κ2) is 10.9. The van der Waals surface area contributed by atoms with Crippen molar-refractivity contribution in [2.45, 2.75) is 26.9 Å². The van der Waals surface area contributed by atoms with Gasteiger partial charge in [-0.2, -0.15) is 0 Å². The molecule has 2 amide bonds. The molecule has 0 bridgehead atoms. The molecule has 178 valence electrons. The van der Waals surface area contributed by atoms with E-state index in [0.717, 1.165) is 10.4 Å². The van der Waals surface area contributed by atoms with E-state index >= 15 is 0 Å². The molecule has 2 heterocycles. The van der Waals surface area contributed by atoms with Crippen LogP contribution >= 0.6 is 22.9 Å². The average Bonchev–Trinajstić information content (AvgIpc) is 3.49. The minimum atomic E-state index is -0.183. The topological polar surface area (TPSA) is 59.1 Å². The third kappa shape index (κ3) is 6.10. The summed E-state index contributed by atoms with van der Waals surface area (Å²) in [4.78, 5) is 31.3. The van der Waals surface area contributed by atoms with Crippen molar-refractivity contribution in [1.82, 2.24) is 9.80 Å². The summed E-state index contributed by atoms with van der Waals surface area (Å²) in [5, 5.41) is 2.56. The van der Waals surface area contributed by atoms with E-state index < -0.39 is 0 Å². The molecule has 34 heavy (non-hydrogen) atoms. The molecule has 4 rings (SSSR count). The molecule has 0 atom stereocenters. The van der Waals surface area contributed by atoms with E-state index in [1.54, 1.807) is 45.4 Å². The van der Waals surface area contributed by atoms with Crippen LogP contribution in [0.1, 0.15) is 34.6 Å². The highest BCUT2D eigenvalue weighted by atomic mass is 35.5. The van der Waals surface area contributed by atoms with Crippen molar-refractivity contribution in [3.63, 3.8) is 0 Å². The predicted octanol–water partition coefficient (Wildman–Crippen LogP) is 5.46. The first-order valence-electron chi connectivity index (χ1n) is 11.1. The van der Waals surface area contributed by atoms with E-state index in [9.17, 15) is 9.59 Å². The summed E-state index contributed by atoms with van der Waals surface area (Å²) >= 11 is 7.59. The molecular weight excluding hydrogens is 472 g/mol. The van der Waals surface area contributed by atoms with Gasteiger partial charge in [0, 0.05) is 28.6 Å². The van der Waals surface area contributed by atoms with Crippen LogP contribution < -0.4 is 9.47 Å². The maximum Gasteiger partial charge on any atom is 0.254 e. The molecule has 1 aliphatic rings. The molecule has 1 aliphatic heterocycles. The largest absolute Gasteiger partial charge is 0.454 e. The van der Waals surface area contributed by atoms with Crippen molar-refractivity contribution in [1.29, 1.82) is 0 Å². The second-order valence-corrected chi connectivity index (χ2v) is 10.1. The van der Waals surface area contributed by atoms with Crippen molar-refractivity contribution >= 4 is 34.8 Å². The summed E-state index contributed by atoms with van der Waals surface area (Å²) in [6.07, 6.45) is 0. The lowest BCUT2D eigenvalue weighted by Crippen LogP contribution is -2.43. The van der Waals surface area contributed by atoms with Crippen molar-refractivity contribution in [2.75, 3.05) is 19.9 Å². The molecule has 0 unspecified atom stereocenters. The van der Waals surface area contributed by atoms with Crippen LogP contribution in [0.3, 0.4) is 0 Å². The highest BCUT2D eigenvalue weighted by molar-refractivity contribution is 7.09. The Labute approximate surface area is 208 Å². The number of halogens is 1. The number of ether oxygens (including phenoxy) is 2. The summed E-state index contributed by atoms with van der Waals surface area (Å²) in [5.74, 6) is 1.30. The number of benzene rings is 2. The molecule has 1 aromatic heterocycles. The average molecular weight is 499 g/mol. The van der Waals surface area contributed by atoms with Gasteiger partial charge in [0.2, 0.25) is 12.7 Å². The summed E-state index contributed by atoms with van der Waals surface area (Å²) in [6, 6.07) is 16.4. The molecule has 0 spiro atoms. The van der Waals surface area contributed by atoms with Crippen LogP contribution in [0, 0.1) is 5.92 Å². The molecular formula is C26H27ClN2O4S. The maximum atomic E-state index is 13.5. The van der Waals surface area contributed by atoms with Crippen molar-refractivity contribution in [2.24, 2.45) is 5.92 Å². The number of nitrogens with zero attached hydrogens (tertiary/aromatic N) is 2. The molecule has 2 aromatic carbocycles. The lowest BCUT2D eigenvalue weighted by molar-refractivity contribution is -0.133. The van der Waals surface area contributed by atoms with E-state index in [0.29, 0.717) is 41.7 Å². The summed E-state index contributed by atoms with van der Waals surface area (Å²) in [5.41, 5.74) is 1.45. The molecule has 0 saturated heterocycles. The molecule has 0 radical (unpaired) electrons. The first kappa shape index (κ1) is 24.1. The Morgan fingerprint density at radius 2 is 1.76 bits per heavy atom. The summed E-state index contributed by atoms with van der Waals surface area (Å²) in [6.45, 7) is 5.60. The third-order valence-corrected chi connectivity index (χ3v) is 6.49. The van der Waals surface area contributed by atoms with Gasteiger partial charge in [-0.15, -0.1) is 11.3 Å². The summed E-state index contributed by atoms with van der Waals surface area (Å²) < 4.78 is 10.9. The van der Waals surface area contributed by atoms with E-state index in [2.05, 4.69) is 0 Å². The van der Waals surface area contributed by atoms with E-state index in [1.165, 1.54) is 0 Å². The molecule has 0 N–H and O–H groups in total. The van der Waals surface area contributed by atoms with Crippen LogP contribution in [-0.2, 0) is 17.9 Å². The standard InChI is InChI=1S/C26H27ClN2O4S/c1-18(2)13-29(26(31)20-6-8-21(27)9-7-20)16-25(30)28(15-22-4-3-11-34-22)14-19-5-10-23-24(12-19)33-17-32-23/h3-12,18H,13-17H2,1-2H3. The molecule has 6 nitrogen and oxygen atoms in total. The number of hydrogen-bond donors (Lipinski definition) is 0. The number of thiophene rings is 1. The normalized spacial score (nSPS) is 12.1. The molecule has 8 heteroatoms. The van der Waals surface area contributed by atoms with Gasteiger partial charge in [-0.05, 0) is 59.3 Å². The first-order valence-corrected chi connectivity index (χ1v) is 12.4. The smallest absolute Gasteiger partial charge is 0.254 e. The van der Waals surface area contributed by atoms with Gasteiger partial charge < -0.3 is 19.3 Å². The van der Waals surface area contributed by atoms with Crippen LogP contribution in [0.2, 0.25) is 5.02 Å². The van der Waals surface area contributed by atoms with Crippen LogP contribution in [-0.4, -0.2) is 41.5 Å². The summed E-state index contributed by atoms with van der Waals surface area (Å²) in [7, 11) is 0. The third-order valence-electron chi connectivity index (χ3n) is 5.38. The van der Waals surface area contributed by atoms with Gasteiger partial charge in [0.25, 0.3) is 5.91 Å². The first-order chi connectivity index (χ1) is 16.4. The van der Waals surface area contributed by atoms with Gasteiger partial charge in [-0.25, -0.2) is 0 Å². The van der Waals surface area contributed by atoms with E-state index in [-0.39, 0.29) is 31.1 Å². The fourth-order valence-corrected chi connectivity index (χ4v) is 4.63. The quantitative estimate of drug-likeness (QED) is 0.393. The monoisotopic (exact) mass is 498 g/mol. The predicted molar refractivity (Wildman–Crippen MR) is 133 cm³/mol. The van der Waals surface area contributed by atoms with Gasteiger partial charge in [-0.1, -0.05) is 37.6 Å². The fourth-order valence-electron chi connectivity index (χ4n) is 3.78. The van der Waals surface area contributed by atoms with Gasteiger partial charge in [0.15, 0.2) is 11.5 Å². The highest BCUT2D eigenvalue weighted by Crippen LogP contribution is 2.33. The van der Waals surface area contributed by atoms with Crippen molar-refractivity contribution < 1.29 is 19.1 Å². The zero-order valence-electron chi connectivity index (χ0n) is 19.2. The minimum Gasteiger partial charge on any atom is -0.454 e. The number of carbonyl (C=O) groups is 2. The SMILES string of the molecule is CC(C)CN(CC(=O)N(Cc1ccc2c(c1)OCO2)Cc1cccs1)C(=O)c1ccc(Cl)cc1.